The number of aliphatic hydroxyl groups is 1. The number of piperidine rings is 1. The van der Waals surface area contributed by atoms with Crippen LogP contribution in [0.15, 0.2) is 0 Å². The molecule has 2 N–H and O–H groups in total. The highest BCUT2D eigenvalue weighted by molar-refractivity contribution is 5.85. The van der Waals surface area contributed by atoms with Gasteiger partial charge in [0.2, 0.25) is 0 Å². The monoisotopic (exact) mass is 329 g/mol. The standard InChI is InChI=1S/C14H27NO3.2ClH/c1-2-3-4-13(14(17)18)7-10-15-8-5-12(11-16)6-9-15;;/h12-13,16H,2-11H2,1H3,(H,17,18);2*1H. The predicted molar refractivity (Wildman–Crippen MR) is 86.0 cm³/mol. The molecule has 0 amide bonds. The van der Waals surface area contributed by atoms with Gasteiger partial charge in [-0.3, -0.25) is 4.79 Å². The van der Waals surface area contributed by atoms with E-state index < -0.39 is 5.97 Å². The van der Waals surface area contributed by atoms with Gasteiger partial charge in [0.25, 0.3) is 0 Å². The van der Waals surface area contributed by atoms with Crippen LogP contribution in [-0.2, 0) is 4.79 Å². The Morgan fingerprint density at radius 2 is 1.85 bits per heavy atom. The fourth-order valence-corrected chi connectivity index (χ4v) is 2.57. The van der Waals surface area contributed by atoms with Crippen LogP contribution >= 0.6 is 24.8 Å². The van der Waals surface area contributed by atoms with E-state index in [1.165, 1.54) is 0 Å². The Morgan fingerprint density at radius 1 is 1.25 bits per heavy atom. The lowest BCUT2D eigenvalue weighted by molar-refractivity contribution is -0.142. The van der Waals surface area contributed by atoms with Gasteiger partial charge in [-0.2, -0.15) is 0 Å². The van der Waals surface area contributed by atoms with Crippen LogP contribution < -0.4 is 0 Å². The van der Waals surface area contributed by atoms with Gasteiger partial charge < -0.3 is 15.1 Å². The fraction of sp³-hybridized carbons (Fsp3) is 0.929. The van der Waals surface area contributed by atoms with Crippen molar-refractivity contribution in [2.75, 3.05) is 26.2 Å². The van der Waals surface area contributed by atoms with E-state index in [1.54, 1.807) is 0 Å². The second-order valence-corrected chi connectivity index (χ2v) is 5.43. The average Bonchev–Trinajstić information content (AvgIpc) is 2.39. The molecule has 0 aliphatic carbocycles. The van der Waals surface area contributed by atoms with E-state index >= 15 is 0 Å². The molecule has 6 heteroatoms. The molecular weight excluding hydrogens is 301 g/mol. The molecule has 1 fully saturated rings. The number of aliphatic carboxylic acids is 1. The molecule has 0 aromatic rings. The number of aliphatic hydroxyl groups excluding tert-OH is 1. The van der Waals surface area contributed by atoms with Gasteiger partial charge in [0, 0.05) is 6.61 Å². The van der Waals surface area contributed by atoms with Gasteiger partial charge in [0.15, 0.2) is 0 Å². The van der Waals surface area contributed by atoms with Gasteiger partial charge in [-0.05, 0) is 51.2 Å². The zero-order valence-electron chi connectivity index (χ0n) is 12.3. The molecule has 122 valence electrons. The number of unbranched alkanes of at least 4 members (excludes halogenated alkanes) is 1. The van der Waals surface area contributed by atoms with Crippen molar-refractivity contribution < 1.29 is 15.0 Å². The van der Waals surface area contributed by atoms with E-state index in [-0.39, 0.29) is 30.7 Å². The van der Waals surface area contributed by atoms with Crippen molar-refractivity contribution in [1.82, 2.24) is 4.90 Å². The van der Waals surface area contributed by atoms with Crippen molar-refractivity contribution >= 4 is 30.8 Å². The van der Waals surface area contributed by atoms with Crippen LogP contribution in [0.25, 0.3) is 0 Å². The fourth-order valence-electron chi connectivity index (χ4n) is 2.57. The summed E-state index contributed by atoms with van der Waals surface area (Å²) in [5, 5.41) is 18.2. The van der Waals surface area contributed by atoms with E-state index in [2.05, 4.69) is 11.8 Å². The lowest BCUT2D eigenvalue weighted by Gasteiger charge is -2.31. The molecule has 20 heavy (non-hydrogen) atoms. The minimum Gasteiger partial charge on any atom is -0.481 e. The average molecular weight is 330 g/mol. The smallest absolute Gasteiger partial charge is 0.306 e. The van der Waals surface area contributed by atoms with Crippen molar-refractivity contribution in [3.05, 3.63) is 0 Å². The summed E-state index contributed by atoms with van der Waals surface area (Å²) in [5.74, 6) is -0.370. The molecule has 0 bridgehead atoms. The molecule has 1 heterocycles. The highest BCUT2D eigenvalue weighted by Crippen LogP contribution is 2.19. The van der Waals surface area contributed by atoms with Crippen LogP contribution in [0, 0.1) is 11.8 Å². The first-order valence-corrected chi connectivity index (χ1v) is 7.23. The van der Waals surface area contributed by atoms with Crippen LogP contribution in [0.3, 0.4) is 0 Å². The van der Waals surface area contributed by atoms with Crippen LogP contribution in [0.5, 0.6) is 0 Å². The number of hydrogen-bond donors (Lipinski definition) is 2. The molecule has 1 atom stereocenters. The van der Waals surface area contributed by atoms with Gasteiger partial charge in [-0.1, -0.05) is 19.8 Å². The Kier molecular flexibility index (Phi) is 14.1. The lowest BCUT2D eigenvalue weighted by Crippen LogP contribution is -2.36. The van der Waals surface area contributed by atoms with Gasteiger partial charge in [-0.15, -0.1) is 24.8 Å². The molecule has 1 aliphatic rings. The topological polar surface area (TPSA) is 60.8 Å². The summed E-state index contributed by atoms with van der Waals surface area (Å²) in [4.78, 5) is 13.5. The molecule has 0 spiro atoms. The number of halogens is 2. The second-order valence-electron chi connectivity index (χ2n) is 5.43. The molecule has 1 saturated heterocycles. The molecule has 1 rings (SSSR count). The third-order valence-electron chi connectivity index (χ3n) is 4.01. The molecule has 1 aliphatic heterocycles. The van der Waals surface area contributed by atoms with E-state index in [1.807, 2.05) is 0 Å². The Hall–Kier alpha value is -0.0300. The quantitative estimate of drug-likeness (QED) is 0.718. The van der Waals surface area contributed by atoms with Crippen LogP contribution in [0.4, 0.5) is 0 Å². The number of carboxylic acids is 1. The summed E-state index contributed by atoms with van der Waals surface area (Å²) in [6.07, 6.45) is 5.72. The highest BCUT2D eigenvalue weighted by atomic mass is 35.5. The van der Waals surface area contributed by atoms with Crippen molar-refractivity contribution in [3.63, 3.8) is 0 Å². The van der Waals surface area contributed by atoms with Crippen molar-refractivity contribution in [1.29, 1.82) is 0 Å². The third kappa shape index (κ3) is 8.30. The maximum atomic E-state index is 11.1. The van der Waals surface area contributed by atoms with Crippen molar-refractivity contribution in [2.45, 2.75) is 45.4 Å². The lowest BCUT2D eigenvalue weighted by atomic mass is 9.95. The van der Waals surface area contributed by atoms with Gasteiger partial charge >= 0.3 is 5.97 Å². The molecule has 4 nitrogen and oxygen atoms in total. The van der Waals surface area contributed by atoms with Crippen LogP contribution in [-0.4, -0.2) is 47.3 Å². The molecule has 0 saturated carbocycles. The first kappa shape index (κ1) is 22.3. The maximum absolute atomic E-state index is 11.1. The van der Waals surface area contributed by atoms with E-state index in [4.69, 9.17) is 10.2 Å². The Morgan fingerprint density at radius 3 is 2.30 bits per heavy atom. The summed E-state index contributed by atoms with van der Waals surface area (Å²) in [6.45, 7) is 5.29. The number of rotatable bonds is 8. The Balaban J connectivity index is 0. The zero-order valence-corrected chi connectivity index (χ0v) is 13.9. The Labute approximate surface area is 134 Å². The summed E-state index contributed by atoms with van der Waals surface area (Å²) in [5.41, 5.74) is 0. The molecule has 0 aromatic heterocycles. The number of likely N-dealkylation sites (tertiary alicyclic amines) is 1. The van der Waals surface area contributed by atoms with E-state index in [0.717, 1.165) is 58.2 Å². The summed E-state index contributed by atoms with van der Waals surface area (Å²) < 4.78 is 0. The molecule has 0 radical (unpaired) electrons. The zero-order chi connectivity index (χ0) is 13.4. The van der Waals surface area contributed by atoms with E-state index in [9.17, 15) is 4.79 Å². The molecule has 1 unspecified atom stereocenters. The first-order valence-electron chi connectivity index (χ1n) is 7.23. The summed E-state index contributed by atoms with van der Waals surface area (Å²) in [6, 6.07) is 0. The Bertz CT molecular complexity index is 247. The van der Waals surface area contributed by atoms with Crippen LogP contribution in [0.2, 0.25) is 0 Å². The predicted octanol–water partition coefficient (Wildman–Crippen LogP) is 2.82. The largest absolute Gasteiger partial charge is 0.481 e. The minimum atomic E-state index is -0.645. The summed E-state index contributed by atoms with van der Waals surface area (Å²) in [7, 11) is 0. The highest BCUT2D eigenvalue weighted by Gasteiger charge is 2.21. The number of carboxylic acid groups (broad SMARTS) is 1. The van der Waals surface area contributed by atoms with Crippen molar-refractivity contribution in [3.8, 4) is 0 Å². The number of nitrogens with zero attached hydrogens (tertiary/aromatic N) is 1. The number of carbonyl (C=O) groups is 1. The number of hydrogen-bond acceptors (Lipinski definition) is 3. The van der Waals surface area contributed by atoms with Gasteiger partial charge in [0.05, 0.1) is 5.92 Å². The minimum absolute atomic E-state index is 0. The maximum Gasteiger partial charge on any atom is 0.306 e. The van der Waals surface area contributed by atoms with Crippen molar-refractivity contribution in [2.24, 2.45) is 11.8 Å². The van der Waals surface area contributed by atoms with Gasteiger partial charge in [-0.25, -0.2) is 0 Å². The first-order chi connectivity index (χ1) is 8.67. The normalized spacial score (nSPS) is 17.9. The van der Waals surface area contributed by atoms with E-state index in [0.29, 0.717) is 12.5 Å². The summed E-state index contributed by atoms with van der Waals surface area (Å²) >= 11 is 0. The third-order valence-corrected chi connectivity index (χ3v) is 4.01. The molecule has 0 aromatic carbocycles. The van der Waals surface area contributed by atoms with Gasteiger partial charge in [0.1, 0.15) is 0 Å². The second kappa shape index (κ2) is 12.7. The SMILES string of the molecule is CCCCC(CCN1CCC(CO)CC1)C(=O)O.Cl.Cl. The molecular formula is C14H29Cl2NO3. The van der Waals surface area contributed by atoms with Crippen LogP contribution in [0.1, 0.15) is 45.4 Å².